The summed E-state index contributed by atoms with van der Waals surface area (Å²) in [7, 11) is 0. The fourth-order valence-corrected chi connectivity index (χ4v) is 3.23. The number of piperidine rings is 3. The van der Waals surface area contributed by atoms with Gasteiger partial charge in [-0.25, -0.2) is 15.3 Å². The zero-order chi connectivity index (χ0) is 12.0. The molecule has 0 radical (unpaired) electrons. The Morgan fingerprint density at radius 1 is 1.39 bits per heavy atom. The number of hydroxylamine groups is 1. The maximum Gasteiger partial charge on any atom is 0.202 e. The number of hydrogen-bond acceptors (Lipinski definition) is 5. The van der Waals surface area contributed by atoms with Crippen molar-refractivity contribution in [2.75, 3.05) is 19.6 Å². The number of aliphatic imine (C=N–C) groups is 1. The molecule has 5 nitrogen and oxygen atoms in total. The van der Waals surface area contributed by atoms with E-state index in [0.717, 1.165) is 17.9 Å². The molecule has 5 heteroatoms. The Hall–Kier alpha value is -1.46. The van der Waals surface area contributed by atoms with Crippen molar-refractivity contribution in [1.29, 1.82) is 0 Å². The molecule has 1 N–H and O–H groups in total. The van der Waals surface area contributed by atoms with E-state index in [2.05, 4.69) is 15.4 Å². The highest BCUT2D eigenvalue weighted by Gasteiger charge is 2.51. The molecule has 94 valence electrons. The molecule has 0 saturated carbocycles. The van der Waals surface area contributed by atoms with Crippen molar-refractivity contribution in [3.8, 4) is 0 Å². The molecule has 1 aromatic heterocycles. The van der Waals surface area contributed by atoms with Crippen molar-refractivity contribution in [2.45, 2.75) is 18.6 Å². The Labute approximate surface area is 106 Å². The SMILES string of the molecule is c1cncc(C2=NC3(CN4CCC3CC4)ON2)c1. The average Bonchev–Trinajstić information content (AvgIpc) is 2.85. The summed E-state index contributed by atoms with van der Waals surface area (Å²) in [6, 6.07) is 3.92. The molecule has 1 atom stereocenters. The van der Waals surface area contributed by atoms with E-state index in [0.29, 0.717) is 5.92 Å². The standard InChI is InChI=1S/C13H16N4O/c1-2-10(8-14-5-1)12-15-13(18-16-12)9-17-6-3-11(13)4-7-17/h1-2,5,8,11H,3-4,6-7,9H2,(H,15,16). The summed E-state index contributed by atoms with van der Waals surface area (Å²) in [4.78, 5) is 17.3. The first kappa shape index (κ1) is 10.5. The van der Waals surface area contributed by atoms with Gasteiger partial charge in [-0.1, -0.05) is 0 Å². The quantitative estimate of drug-likeness (QED) is 0.793. The van der Waals surface area contributed by atoms with E-state index in [9.17, 15) is 0 Å². The van der Waals surface area contributed by atoms with E-state index in [4.69, 9.17) is 9.83 Å². The third-order valence-corrected chi connectivity index (χ3v) is 4.24. The minimum atomic E-state index is -0.359. The van der Waals surface area contributed by atoms with Crippen molar-refractivity contribution in [3.63, 3.8) is 0 Å². The van der Waals surface area contributed by atoms with Crippen LogP contribution in [0.15, 0.2) is 29.5 Å². The molecule has 1 aromatic rings. The van der Waals surface area contributed by atoms with E-state index in [-0.39, 0.29) is 5.72 Å². The van der Waals surface area contributed by atoms with Gasteiger partial charge in [0, 0.05) is 23.9 Å². The fraction of sp³-hybridized carbons (Fsp3) is 0.538. The van der Waals surface area contributed by atoms with Crippen LogP contribution in [-0.4, -0.2) is 41.1 Å². The van der Waals surface area contributed by atoms with E-state index < -0.39 is 0 Å². The zero-order valence-electron chi connectivity index (χ0n) is 10.2. The first-order valence-corrected chi connectivity index (χ1v) is 6.52. The van der Waals surface area contributed by atoms with Crippen LogP contribution in [0.25, 0.3) is 0 Å². The maximum atomic E-state index is 5.86. The molecular weight excluding hydrogens is 228 g/mol. The van der Waals surface area contributed by atoms with Crippen LogP contribution in [0.5, 0.6) is 0 Å². The number of aromatic nitrogens is 1. The van der Waals surface area contributed by atoms with E-state index >= 15 is 0 Å². The Morgan fingerprint density at radius 3 is 2.94 bits per heavy atom. The van der Waals surface area contributed by atoms with Crippen LogP contribution in [0.4, 0.5) is 0 Å². The lowest BCUT2D eigenvalue weighted by atomic mass is 9.81. The van der Waals surface area contributed by atoms with Gasteiger partial charge in [-0.05, 0) is 38.1 Å². The van der Waals surface area contributed by atoms with Crippen molar-refractivity contribution < 1.29 is 4.84 Å². The fourth-order valence-electron chi connectivity index (χ4n) is 3.23. The average molecular weight is 244 g/mol. The number of pyridine rings is 1. The lowest BCUT2D eigenvalue weighted by Crippen LogP contribution is -2.58. The highest BCUT2D eigenvalue weighted by molar-refractivity contribution is 5.98. The summed E-state index contributed by atoms with van der Waals surface area (Å²) in [6.45, 7) is 3.29. The summed E-state index contributed by atoms with van der Waals surface area (Å²) in [6.07, 6.45) is 5.95. The number of amidine groups is 1. The zero-order valence-corrected chi connectivity index (χ0v) is 10.2. The summed E-state index contributed by atoms with van der Waals surface area (Å²) < 4.78 is 0. The van der Waals surface area contributed by atoms with Crippen molar-refractivity contribution in [1.82, 2.24) is 15.4 Å². The van der Waals surface area contributed by atoms with Crippen LogP contribution in [0.3, 0.4) is 0 Å². The van der Waals surface area contributed by atoms with Gasteiger partial charge in [-0.2, -0.15) is 0 Å². The minimum absolute atomic E-state index is 0.359. The van der Waals surface area contributed by atoms with Gasteiger partial charge in [-0.15, -0.1) is 0 Å². The maximum absolute atomic E-state index is 5.86. The van der Waals surface area contributed by atoms with Crippen molar-refractivity contribution >= 4 is 5.84 Å². The second kappa shape index (κ2) is 3.76. The number of nitrogens with one attached hydrogen (secondary N) is 1. The summed E-state index contributed by atoms with van der Waals surface area (Å²) in [5.41, 5.74) is 3.63. The molecule has 4 aliphatic rings. The van der Waals surface area contributed by atoms with Gasteiger partial charge in [0.15, 0.2) is 5.84 Å². The summed E-state index contributed by atoms with van der Waals surface area (Å²) >= 11 is 0. The van der Waals surface area contributed by atoms with Crippen LogP contribution < -0.4 is 5.48 Å². The summed E-state index contributed by atoms with van der Waals surface area (Å²) in [5, 5.41) is 0. The smallest absolute Gasteiger partial charge is 0.202 e. The molecule has 1 spiro atoms. The number of nitrogens with zero attached hydrogens (tertiary/aromatic N) is 3. The molecule has 5 heterocycles. The molecule has 5 rings (SSSR count). The Bertz CT molecular complexity index is 481. The second-order valence-electron chi connectivity index (χ2n) is 5.30. The third kappa shape index (κ3) is 1.47. The Kier molecular flexibility index (Phi) is 2.19. The number of hydrogen-bond donors (Lipinski definition) is 1. The molecule has 3 saturated heterocycles. The molecule has 18 heavy (non-hydrogen) atoms. The Balaban J connectivity index is 1.67. The van der Waals surface area contributed by atoms with Gasteiger partial charge in [0.25, 0.3) is 0 Å². The van der Waals surface area contributed by atoms with Crippen molar-refractivity contribution in [2.24, 2.45) is 10.9 Å². The van der Waals surface area contributed by atoms with Crippen LogP contribution >= 0.6 is 0 Å². The molecule has 0 amide bonds. The van der Waals surface area contributed by atoms with Gasteiger partial charge in [0.1, 0.15) is 0 Å². The van der Waals surface area contributed by atoms with Crippen LogP contribution in [0.1, 0.15) is 18.4 Å². The lowest BCUT2D eigenvalue weighted by Gasteiger charge is -2.47. The molecule has 1 unspecified atom stereocenters. The van der Waals surface area contributed by atoms with Gasteiger partial charge < -0.3 is 0 Å². The topological polar surface area (TPSA) is 49.8 Å². The predicted molar refractivity (Wildman–Crippen MR) is 66.9 cm³/mol. The molecular formula is C13H16N4O. The minimum Gasteiger partial charge on any atom is -0.298 e. The first-order chi connectivity index (χ1) is 8.86. The monoisotopic (exact) mass is 244 g/mol. The van der Waals surface area contributed by atoms with Crippen molar-refractivity contribution in [3.05, 3.63) is 30.1 Å². The van der Waals surface area contributed by atoms with E-state index in [1.165, 1.54) is 25.9 Å². The van der Waals surface area contributed by atoms with E-state index in [1.807, 2.05) is 18.3 Å². The largest absolute Gasteiger partial charge is 0.298 e. The van der Waals surface area contributed by atoms with Gasteiger partial charge in [-0.3, -0.25) is 9.88 Å². The molecule has 2 bridgehead atoms. The predicted octanol–water partition coefficient (Wildman–Crippen LogP) is 0.785. The first-order valence-electron chi connectivity index (χ1n) is 6.52. The van der Waals surface area contributed by atoms with Gasteiger partial charge >= 0.3 is 0 Å². The molecule has 3 fully saturated rings. The lowest BCUT2D eigenvalue weighted by molar-refractivity contribution is -0.155. The molecule has 0 aromatic carbocycles. The highest BCUT2D eigenvalue weighted by Crippen LogP contribution is 2.40. The summed E-state index contributed by atoms with van der Waals surface area (Å²) in [5.74, 6) is 1.36. The van der Waals surface area contributed by atoms with E-state index in [1.54, 1.807) is 6.20 Å². The second-order valence-corrected chi connectivity index (χ2v) is 5.30. The van der Waals surface area contributed by atoms with Crippen LogP contribution in [0, 0.1) is 5.92 Å². The molecule has 4 aliphatic heterocycles. The number of fused-ring (bicyclic) bond motifs is 2. The van der Waals surface area contributed by atoms with Gasteiger partial charge in [0.2, 0.25) is 5.72 Å². The highest BCUT2D eigenvalue weighted by atomic mass is 16.7. The Morgan fingerprint density at radius 2 is 2.28 bits per heavy atom. The molecule has 0 aliphatic carbocycles. The van der Waals surface area contributed by atoms with Crippen LogP contribution in [0.2, 0.25) is 0 Å². The number of rotatable bonds is 1. The van der Waals surface area contributed by atoms with Crippen LogP contribution in [-0.2, 0) is 4.84 Å². The normalized spacial score (nSPS) is 37.7. The third-order valence-electron chi connectivity index (χ3n) is 4.24. The van der Waals surface area contributed by atoms with Gasteiger partial charge in [0.05, 0.1) is 6.54 Å².